The van der Waals surface area contributed by atoms with Crippen LogP contribution in [0.1, 0.15) is 11.1 Å². The van der Waals surface area contributed by atoms with Crippen molar-refractivity contribution < 1.29 is 9.66 Å². The summed E-state index contributed by atoms with van der Waals surface area (Å²) in [6.07, 6.45) is 1.54. The second-order valence-electron chi connectivity index (χ2n) is 4.19. The molecule has 0 saturated heterocycles. The van der Waals surface area contributed by atoms with Crippen molar-refractivity contribution in [1.29, 1.82) is 0 Å². The van der Waals surface area contributed by atoms with Crippen molar-refractivity contribution in [1.82, 2.24) is 4.98 Å². The van der Waals surface area contributed by atoms with Gasteiger partial charge in [0.1, 0.15) is 0 Å². The molecule has 0 radical (unpaired) electrons. The monoisotopic (exact) mass is 346 g/mol. The second-order valence-corrected chi connectivity index (χ2v) is 5.27. The Hall–Kier alpha value is -1.56. The molecule has 110 valence electrons. The molecular formula is C13H9Cl3N2O3. The van der Waals surface area contributed by atoms with Crippen LogP contribution in [-0.4, -0.2) is 9.91 Å². The Morgan fingerprint density at radius 1 is 1.29 bits per heavy atom. The van der Waals surface area contributed by atoms with Crippen molar-refractivity contribution in [2.75, 3.05) is 0 Å². The zero-order chi connectivity index (χ0) is 15.6. The zero-order valence-corrected chi connectivity index (χ0v) is 13.0. The maximum atomic E-state index is 11.0. The zero-order valence-electron chi connectivity index (χ0n) is 10.8. The van der Waals surface area contributed by atoms with Crippen molar-refractivity contribution in [3.8, 4) is 11.6 Å². The molecule has 1 aromatic heterocycles. The van der Waals surface area contributed by atoms with Crippen molar-refractivity contribution in [3.63, 3.8) is 0 Å². The van der Waals surface area contributed by atoms with Gasteiger partial charge in [-0.15, -0.1) is 11.6 Å². The maximum absolute atomic E-state index is 11.0. The Bertz CT molecular complexity index is 707. The molecule has 0 saturated carbocycles. The normalized spacial score (nSPS) is 10.5. The number of nitro groups is 1. The first-order valence-corrected chi connectivity index (χ1v) is 7.04. The van der Waals surface area contributed by atoms with Gasteiger partial charge in [-0.2, -0.15) is 0 Å². The highest BCUT2D eigenvalue weighted by Gasteiger charge is 2.20. The summed E-state index contributed by atoms with van der Waals surface area (Å²) < 4.78 is 5.50. The number of pyridine rings is 1. The first-order valence-electron chi connectivity index (χ1n) is 5.75. The van der Waals surface area contributed by atoms with Gasteiger partial charge in [-0.1, -0.05) is 23.2 Å². The molecule has 0 spiro atoms. The quantitative estimate of drug-likeness (QED) is 0.436. The molecule has 1 aromatic carbocycles. The van der Waals surface area contributed by atoms with Crippen LogP contribution in [0.4, 0.5) is 5.69 Å². The Kier molecular flexibility index (Phi) is 4.88. The van der Waals surface area contributed by atoms with Crippen LogP contribution in [0.2, 0.25) is 10.0 Å². The lowest BCUT2D eigenvalue weighted by Gasteiger charge is -2.09. The Balaban J connectivity index is 2.43. The van der Waals surface area contributed by atoms with E-state index < -0.39 is 4.92 Å². The summed E-state index contributed by atoms with van der Waals surface area (Å²) in [7, 11) is 0. The molecule has 0 atom stereocenters. The van der Waals surface area contributed by atoms with Gasteiger partial charge in [0.15, 0.2) is 0 Å². The minimum atomic E-state index is -0.597. The number of benzene rings is 1. The molecule has 0 unspecified atom stereocenters. The van der Waals surface area contributed by atoms with Gasteiger partial charge in [0.2, 0.25) is 11.6 Å². The van der Waals surface area contributed by atoms with Crippen LogP contribution in [0.15, 0.2) is 24.4 Å². The fourth-order valence-corrected chi connectivity index (χ4v) is 2.10. The molecule has 2 aromatic rings. The summed E-state index contributed by atoms with van der Waals surface area (Å²) >= 11 is 17.4. The average molecular weight is 348 g/mol. The number of hydrogen-bond donors (Lipinski definition) is 0. The third-order valence-corrected chi connectivity index (χ3v) is 3.68. The average Bonchev–Trinajstić information content (AvgIpc) is 2.44. The van der Waals surface area contributed by atoms with E-state index >= 15 is 0 Å². The van der Waals surface area contributed by atoms with E-state index in [0.717, 1.165) is 11.6 Å². The van der Waals surface area contributed by atoms with Gasteiger partial charge in [0, 0.05) is 29.8 Å². The standard InChI is InChI=1S/C13H9Cl3N2O3/c1-7-2-8(5-14)6-17-13(7)21-12-4-10(16)9(15)3-11(12)18(19)20/h2-4,6H,5H2,1H3. The summed E-state index contributed by atoms with van der Waals surface area (Å²) in [5.41, 5.74) is 1.24. The summed E-state index contributed by atoms with van der Waals surface area (Å²) in [6.45, 7) is 1.77. The van der Waals surface area contributed by atoms with Gasteiger partial charge in [0.25, 0.3) is 0 Å². The maximum Gasteiger partial charge on any atom is 0.313 e. The van der Waals surface area contributed by atoms with Crippen molar-refractivity contribution >= 4 is 40.5 Å². The summed E-state index contributed by atoms with van der Waals surface area (Å²) in [5.74, 6) is 0.537. The summed E-state index contributed by atoms with van der Waals surface area (Å²) in [6, 6.07) is 4.22. The number of nitro benzene ring substituents is 1. The van der Waals surface area contributed by atoms with Gasteiger partial charge in [0.05, 0.1) is 15.0 Å². The molecule has 0 aliphatic carbocycles. The SMILES string of the molecule is Cc1cc(CCl)cnc1Oc1cc(Cl)c(Cl)cc1[N+](=O)[O-]. The van der Waals surface area contributed by atoms with Gasteiger partial charge in [-0.05, 0) is 18.6 Å². The lowest BCUT2D eigenvalue weighted by Crippen LogP contribution is -1.97. The van der Waals surface area contributed by atoms with Crippen LogP contribution in [-0.2, 0) is 5.88 Å². The number of halogens is 3. The van der Waals surface area contributed by atoms with E-state index in [1.807, 2.05) is 0 Å². The Morgan fingerprint density at radius 3 is 2.52 bits per heavy atom. The molecule has 5 nitrogen and oxygen atoms in total. The molecule has 0 N–H and O–H groups in total. The molecule has 1 heterocycles. The predicted molar refractivity (Wildman–Crippen MR) is 81.7 cm³/mol. The largest absolute Gasteiger partial charge is 0.431 e. The van der Waals surface area contributed by atoms with E-state index in [2.05, 4.69) is 4.98 Å². The molecule has 0 amide bonds. The highest BCUT2D eigenvalue weighted by atomic mass is 35.5. The first-order chi connectivity index (χ1) is 9.92. The topological polar surface area (TPSA) is 65.3 Å². The van der Waals surface area contributed by atoms with E-state index in [0.29, 0.717) is 11.4 Å². The minimum Gasteiger partial charge on any atom is -0.431 e. The number of aryl methyl sites for hydroxylation is 1. The van der Waals surface area contributed by atoms with Crippen LogP contribution < -0.4 is 4.74 Å². The van der Waals surface area contributed by atoms with Crippen LogP contribution in [0.25, 0.3) is 0 Å². The minimum absolute atomic E-state index is 0.0244. The van der Waals surface area contributed by atoms with E-state index in [1.165, 1.54) is 6.07 Å². The molecular weight excluding hydrogens is 339 g/mol. The van der Waals surface area contributed by atoms with Gasteiger partial charge in [-0.25, -0.2) is 4.98 Å². The summed E-state index contributed by atoms with van der Waals surface area (Å²) in [4.78, 5) is 14.5. The number of aromatic nitrogens is 1. The Morgan fingerprint density at radius 2 is 1.95 bits per heavy atom. The molecule has 8 heteroatoms. The highest BCUT2D eigenvalue weighted by molar-refractivity contribution is 6.42. The molecule has 0 aliphatic rings. The van der Waals surface area contributed by atoms with Gasteiger partial charge < -0.3 is 4.74 Å². The van der Waals surface area contributed by atoms with Crippen LogP contribution in [0.3, 0.4) is 0 Å². The van der Waals surface area contributed by atoms with Crippen molar-refractivity contribution in [2.45, 2.75) is 12.8 Å². The molecule has 0 bridgehead atoms. The molecule has 2 rings (SSSR count). The fourth-order valence-electron chi connectivity index (χ4n) is 1.65. The van der Waals surface area contributed by atoms with Crippen molar-refractivity contribution in [3.05, 3.63) is 55.7 Å². The van der Waals surface area contributed by atoms with Gasteiger partial charge in [-0.3, -0.25) is 10.1 Å². The third-order valence-electron chi connectivity index (χ3n) is 2.65. The number of nitrogens with zero attached hydrogens (tertiary/aromatic N) is 2. The number of rotatable bonds is 4. The summed E-state index contributed by atoms with van der Waals surface area (Å²) in [5, 5.41) is 11.3. The first kappa shape index (κ1) is 15.8. The lowest BCUT2D eigenvalue weighted by atomic mass is 10.2. The van der Waals surface area contributed by atoms with Gasteiger partial charge >= 0.3 is 5.69 Å². The van der Waals surface area contributed by atoms with E-state index in [-0.39, 0.29) is 27.4 Å². The smallest absolute Gasteiger partial charge is 0.313 e. The number of hydrogen-bond acceptors (Lipinski definition) is 4. The number of ether oxygens (including phenoxy) is 1. The van der Waals surface area contributed by atoms with Crippen LogP contribution >= 0.6 is 34.8 Å². The lowest BCUT2D eigenvalue weighted by molar-refractivity contribution is -0.385. The highest BCUT2D eigenvalue weighted by Crippen LogP contribution is 2.38. The second kappa shape index (κ2) is 6.47. The third kappa shape index (κ3) is 3.56. The molecule has 21 heavy (non-hydrogen) atoms. The fraction of sp³-hybridized carbons (Fsp3) is 0.154. The Labute approximate surface area is 135 Å². The molecule has 0 aliphatic heterocycles. The predicted octanol–water partition coefficient (Wildman–Crippen LogP) is 5.14. The van der Waals surface area contributed by atoms with E-state index in [9.17, 15) is 10.1 Å². The van der Waals surface area contributed by atoms with E-state index in [4.69, 9.17) is 39.5 Å². The van der Waals surface area contributed by atoms with E-state index in [1.54, 1.807) is 19.2 Å². The van der Waals surface area contributed by atoms with Crippen molar-refractivity contribution in [2.24, 2.45) is 0 Å². The van der Waals surface area contributed by atoms with Crippen LogP contribution in [0, 0.1) is 17.0 Å². The molecule has 0 fully saturated rings. The van der Waals surface area contributed by atoms with Crippen LogP contribution in [0.5, 0.6) is 11.6 Å². The number of alkyl halides is 1.